The van der Waals surface area contributed by atoms with Crippen molar-refractivity contribution in [2.75, 3.05) is 6.54 Å². The van der Waals surface area contributed by atoms with Crippen LogP contribution in [0.4, 0.5) is 0 Å². The van der Waals surface area contributed by atoms with Crippen LogP contribution in [-0.4, -0.2) is 17.0 Å². The van der Waals surface area contributed by atoms with E-state index in [1.54, 1.807) is 19.1 Å². The first-order chi connectivity index (χ1) is 8.45. The Balaban J connectivity index is 2.84. The Hall–Kier alpha value is -1.62. The lowest BCUT2D eigenvalue weighted by atomic mass is 10.2. The monoisotopic (exact) mass is 251 g/mol. The molecular weight excluding hydrogens is 230 g/mol. The Morgan fingerprint density at radius 2 is 2.11 bits per heavy atom. The maximum absolute atomic E-state index is 12.0. The zero-order valence-corrected chi connectivity index (χ0v) is 11.2. The van der Waals surface area contributed by atoms with Gasteiger partial charge in [-0.05, 0) is 18.9 Å². The number of aromatic nitrogens is 1. The highest BCUT2D eigenvalue weighted by Crippen LogP contribution is 1.98. The summed E-state index contributed by atoms with van der Waals surface area (Å²) in [6, 6.07) is 3.51. The Bertz CT molecular complexity index is 478. The van der Waals surface area contributed by atoms with E-state index in [-0.39, 0.29) is 24.6 Å². The largest absolute Gasteiger partial charge is 0.354 e. The van der Waals surface area contributed by atoms with Crippen molar-refractivity contribution in [1.82, 2.24) is 9.88 Å². The van der Waals surface area contributed by atoms with Crippen molar-refractivity contribution in [3.63, 3.8) is 0 Å². The van der Waals surface area contributed by atoms with Crippen LogP contribution in [0.1, 0.15) is 25.1 Å². The molecule has 1 aromatic heterocycles. The zero-order chi connectivity index (χ0) is 13.7. The van der Waals surface area contributed by atoms with Gasteiger partial charge in [-0.3, -0.25) is 9.59 Å². The van der Waals surface area contributed by atoms with Gasteiger partial charge < -0.3 is 15.6 Å². The molecular formula is C13H21N3O2. The van der Waals surface area contributed by atoms with Crippen LogP contribution in [0.25, 0.3) is 0 Å². The van der Waals surface area contributed by atoms with Crippen LogP contribution >= 0.6 is 0 Å². The number of nitrogens with two attached hydrogens (primary N) is 1. The van der Waals surface area contributed by atoms with E-state index in [1.807, 2.05) is 13.8 Å². The van der Waals surface area contributed by atoms with Crippen molar-refractivity contribution >= 4 is 5.91 Å². The molecule has 5 heteroatoms. The third-order valence-corrected chi connectivity index (χ3v) is 2.70. The molecule has 18 heavy (non-hydrogen) atoms. The second-order valence-electron chi connectivity index (χ2n) is 4.79. The van der Waals surface area contributed by atoms with E-state index in [0.29, 0.717) is 18.0 Å². The number of nitrogens with one attached hydrogen (secondary N) is 1. The quantitative estimate of drug-likeness (QED) is 0.794. The van der Waals surface area contributed by atoms with Crippen molar-refractivity contribution in [2.24, 2.45) is 11.7 Å². The molecule has 0 aliphatic rings. The molecule has 0 saturated heterocycles. The maximum atomic E-state index is 12.0. The van der Waals surface area contributed by atoms with E-state index in [1.165, 1.54) is 4.57 Å². The first kappa shape index (κ1) is 14.4. The van der Waals surface area contributed by atoms with Crippen molar-refractivity contribution < 1.29 is 4.79 Å². The molecule has 0 saturated carbocycles. The number of aryl methyl sites for hydroxylation is 1. The lowest BCUT2D eigenvalue weighted by Gasteiger charge is -2.12. The van der Waals surface area contributed by atoms with Crippen molar-refractivity contribution in [1.29, 1.82) is 0 Å². The average Bonchev–Trinajstić information content (AvgIpc) is 2.32. The Labute approximate surface area is 107 Å². The summed E-state index contributed by atoms with van der Waals surface area (Å²) < 4.78 is 1.46. The maximum Gasteiger partial charge on any atom is 0.255 e. The van der Waals surface area contributed by atoms with Gasteiger partial charge in [-0.25, -0.2) is 0 Å². The second kappa shape index (κ2) is 6.35. The first-order valence-corrected chi connectivity index (χ1v) is 6.11. The highest BCUT2D eigenvalue weighted by atomic mass is 16.2. The minimum Gasteiger partial charge on any atom is -0.354 e. The van der Waals surface area contributed by atoms with Gasteiger partial charge in [-0.1, -0.05) is 19.9 Å². The molecule has 0 aromatic carbocycles. The molecule has 0 bridgehead atoms. The predicted octanol–water partition coefficient (Wildman–Crippen LogP) is 0.388. The summed E-state index contributed by atoms with van der Waals surface area (Å²) in [5.74, 6) is 0.241. The van der Waals surface area contributed by atoms with Crippen molar-refractivity contribution in [3.8, 4) is 0 Å². The summed E-state index contributed by atoms with van der Waals surface area (Å²) in [5, 5.41) is 2.79. The molecule has 0 aliphatic carbocycles. The van der Waals surface area contributed by atoms with E-state index in [9.17, 15) is 9.59 Å². The third-order valence-electron chi connectivity index (χ3n) is 2.70. The summed E-state index contributed by atoms with van der Waals surface area (Å²) in [5.41, 5.74) is 6.59. The van der Waals surface area contributed by atoms with Gasteiger partial charge in [0.05, 0.1) is 0 Å². The summed E-state index contributed by atoms with van der Waals surface area (Å²) in [6.07, 6.45) is 0. The highest BCUT2D eigenvalue weighted by Gasteiger charge is 2.09. The van der Waals surface area contributed by atoms with Gasteiger partial charge in [0.25, 0.3) is 5.56 Å². The summed E-state index contributed by atoms with van der Waals surface area (Å²) in [4.78, 5) is 23.7. The minimum atomic E-state index is -0.183. The summed E-state index contributed by atoms with van der Waals surface area (Å²) in [6.45, 7) is 6.69. The Morgan fingerprint density at radius 1 is 1.44 bits per heavy atom. The van der Waals surface area contributed by atoms with E-state index >= 15 is 0 Å². The van der Waals surface area contributed by atoms with E-state index in [0.717, 1.165) is 5.69 Å². The van der Waals surface area contributed by atoms with Gasteiger partial charge >= 0.3 is 0 Å². The van der Waals surface area contributed by atoms with E-state index in [2.05, 4.69) is 5.32 Å². The number of rotatable bonds is 5. The average molecular weight is 251 g/mol. The van der Waals surface area contributed by atoms with Gasteiger partial charge in [0.1, 0.15) is 6.54 Å². The molecule has 0 unspecified atom stereocenters. The molecule has 5 nitrogen and oxygen atoms in total. The number of carbonyl (C=O) groups is 1. The molecule has 0 atom stereocenters. The summed E-state index contributed by atoms with van der Waals surface area (Å²) >= 11 is 0. The van der Waals surface area contributed by atoms with Gasteiger partial charge in [0.2, 0.25) is 5.91 Å². The molecule has 1 heterocycles. The number of amides is 1. The number of pyridine rings is 1. The van der Waals surface area contributed by atoms with Gasteiger partial charge in [-0.15, -0.1) is 0 Å². The zero-order valence-electron chi connectivity index (χ0n) is 11.2. The fourth-order valence-electron chi connectivity index (χ4n) is 1.59. The fourth-order valence-corrected chi connectivity index (χ4v) is 1.59. The fraction of sp³-hybridized carbons (Fsp3) is 0.538. The molecule has 1 rings (SSSR count). The van der Waals surface area contributed by atoms with Gasteiger partial charge in [0, 0.05) is 24.3 Å². The standard InChI is InChI=1S/C13H21N3O2/c1-9(2)7-15-12(17)8-16-10(3)4-5-11(6-14)13(16)18/h4-5,9H,6-8,14H2,1-3H3,(H,15,17). The minimum absolute atomic E-state index is 0.0469. The van der Waals surface area contributed by atoms with Crippen LogP contribution in [0, 0.1) is 12.8 Å². The predicted molar refractivity (Wildman–Crippen MR) is 71.2 cm³/mol. The third kappa shape index (κ3) is 3.70. The molecule has 1 aromatic rings. The molecule has 3 N–H and O–H groups in total. The Kier molecular flexibility index (Phi) is 5.09. The lowest BCUT2D eigenvalue weighted by molar-refractivity contribution is -0.121. The van der Waals surface area contributed by atoms with Crippen LogP contribution in [0.5, 0.6) is 0 Å². The lowest BCUT2D eigenvalue weighted by Crippen LogP contribution is -2.36. The van der Waals surface area contributed by atoms with Crippen LogP contribution in [0.3, 0.4) is 0 Å². The van der Waals surface area contributed by atoms with Crippen LogP contribution < -0.4 is 16.6 Å². The molecule has 0 aliphatic heterocycles. The van der Waals surface area contributed by atoms with Crippen LogP contribution in [0.15, 0.2) is 16.9 Å². The van der Waals surface area contributed by atoms with Crippen LogP contribution in [0.2, 0.25) is 0 Å². The Morgan fingerprint density at radius 3 is 2.67 bits per heavy atom. The first-order valence-electron chi connectivity index (χ1n) is 6.11. The normalized spacial score (nSPS) is 10.7. The van der Waals surface area contributed by atoms with Crippen molar-refractivity contribution in [3.05, 3.63) is 33.7 Å². The molecule has 0 fully saturated rings. The highest BCUT2D eigenvalue weighted by molar-refractivity contribution is 5.75. The number of hydrogen-bond donors (Lipinski definition) is 2. The SMILES string of the molecule is Cc1ccc(CN)c(=O)n1CC(=O)NCC(C)C. The van der Waals surface area contributed by atoms with Gasteiger partial charge in [-0.2, -0.15) is 0 Å². The topological polar surface area (TPSA) is 77.1 Å². The molecule has 100 valence electrons. The second-order valence-corrected chi connectivity index (χ2v) is 4.79. The van der Waals surface area contributed by atoms with Crippen LogP contribution in [-0.2, 0) is 17.9 Å². The number of carbonyl (C=O) groups excluding carboxylic acids is 1. The van der Waals surface area contributed by atoms with Gasteiger partial charge in [0.15, 0.2) is 0 Å². The smallest absolute Gasteiger partial charge is 0.255 e. The van der Waals surface area contributed by atoms with E-state index in [4.69, 9.17) is 5.73 Å². The number of hydrogen-bond acceptors (Lipinski definition) is 3. The molecule has 0 spiro atoms. The molecule has 1 amide bonds. The van der Waals surface area contributed by atoms with E-state index < -0.39 is 0 Å². The van der Waals surface area contributed by atoms with Crippen molar-refractivity contribution in [2.45, 2.75) is 33.9 Å². The number of nitrogens with zero attached hydrogens (tertiary/aromatic N) is 1. The molecule has 0 radical (unpaired) electrons. The summed E-state index contributed by atoms with van der Waals surface area (Å²) in [7, 11) is 0.